The van der Waals surface area contributed by atoms with E-state index >= 15 is 0 Å². The summed E-state index contributed by atoms with van der Waals surface area (Å²) in [5.74, 6) is -0.701. The lowest BCUT2D eigenvalue weighted by Crippen LogP contribution is -2.30. The molecule has 0 bridgehead atoms. The first-order valence-electron chi connectivity index (χ1n) is 11.1. The molecule has 4 aromatic rings. The Morgan fingerprint density at radius 3 is 2.63 bits per heavy atom. The first-order valence-corrected chi connectivity index (χ1v) is 11.5. The lowest BCUT2D eigenvalue weighted by molar-refractivity contribution is 0.0600. The maximum absolute atomic E-state index is 14.1. The van der Waals surface area contributed by atoms with Gasteiger partial charge in [0.2, 0.25) is 0 Å². The number of carbonyl (C=O) groups excluding carboxylic acids is 1. The van der Waals surface area contributed by atoms with Gasteiger partial charge in [-0.2, -0.15) is 0 Å². The number of carbonyl (C=O) groups is 1. The van der Waals surface area contributed by atoms with Gasteiger partial charge in [-0.05, 0) is 79.3 Å². The standard InChI is InChI=1S/C27H23FN4O2S/c1-17-16-18(12-13-20(17)28)32-25(24(30-27(32)35)21-9-5-6-14-29-21)23-11-7-15-31(23)22-10-4-3-8-19(22)26(33)34-2/h3-16,24-25H,1-2H3,(H,30,35)/t24-,25-/m0/s1. The van der Waals surface area contributed by atoms with E-state index < -0.39 is 5.97 Å². The third kappa shape index (κ3) is 4.06. The summed E-state index contributed by atoms with van der Waals surface area (Å²) >= 11 is 5.78. The summed E-state index contributed by atoms with van der Waals surface area (Å²) in [6, 6.07) is 21.3. The second-order valence-electron chi connectivity index (χ2n) is 8.24. The van der Waals surface area contributed by atoms with Crippen molar-refractivity contribution in [2.75, 3.05) is 12.0 Å². The van der Waals surface area contributed by atoms with E-state index in [1.807, 2.05) is 58.1 Å². The molecule has 1 aliphatic rings. The Morgan fingerprint density at radius 2 is 1.89 bits per heavy atom. The molecule has 1 N–H and O–H groups in total. The molecular formula is C27H23FN4O2S. The van der Waals surface area contributed by atoms with Crippen molar-refractivity contribution in [1.82, 2.24) is 14.9 Å². The largest absolute Gasteiger partial charge is 0.465 e. The summed E-state index contributed by atoms with van der Waals surface area (Å²) in [6.07, 6.45) is 3.65. The zero-order chi connectivity index (χ0) is 24.5. The van der Waals surface area contributed by atoms with E-state index in [0.717, 1.165) is 17.1 Å². The number of anilines is 1. The summed E-state index contributed by atoms with van der Waals surface area (Å²) < 4.78 is 21.1. The van der Waals surface area contributed by atoms with E-state index in [-0.39, 0.29) is 17.9 Å². The van der Waals surface area contributed by atoms with Crippen molar-refractivity contribution in [3.05, 3.63) is 114 Å². The minimum absolute atomic E-state index is 0.278. The Kier molecular flexibility index (Phi) is 6.05. The molecule has 2 aromatic heterocycles. The fraction of sp³-hybridized carbons (Fsp3) is 0.148. The quantitative estimate of drug-likeness (QED) is 0.306. The second kappa shape index (κ2) is 9.31. The van der Waals surface area contributed by atoms with Crippen molar-refractivity contribution in [2.24, 2.45) is 0 Å². The van der Waals surface area contributed by atoms with E-state index in [2.05, 4.69) is 10.3 Å². The van der Waals surface area contributed by atoms with Crippen LogP contribution >= 0.6 is 12.2 Å². The number of para-hydroxylation sites is 1. The Morgan fingerprint density at radius 1 is 1.09 bits per heavy atom. The van der Waals surface area contributed by atoms with E-state index in [1.165, 1.54) is 13.2 Å². The molecule has 0 radical (unpaired) electrons. The smallest absolute Gasteiger partial charge is 0.339 e. The first-order chi connectivity index (χ1) is 17.0. The molecule has 0 aliphatic carbocycles. The van der Waals surface area contributed by atoms with Crippen molar-refractivity contribution in [3.63, 3.8) is 0 Å². The zero-order valence-corrected chi connectivity index (χ0v) is 20.0. The summed E-state index contributed by atoms with van der Waals surface area (Å²) in [7, 11) is 1.37. The number of benzene rings is 2. The topological polar surface area (TPSA) is 59.4 Å². The number of methoxy groups -OCH3 is 1. The third-order valence-electron chi connectivity index (χ3n) is 6.17. The zero-order valence-electron chi connectivity index (χ0n) is 19.2. The van der Waals surface area contributed by atoms with Crippen molar-refractivity contribution < 1.29 is 13.9 Å². The molecular weight excluding hydrogens is 463 g/mol. The minimum atomic E-state index is -0.424. The average molecular weight is 487 g/mol. The van der Waals surface area contributed by atoms with Crippen LogP contribution in [0.1, 0.15) is 39.4 Å². The SMILES string of the molecule is COC(=O)c1ccccc1-n1cccc1[C@H]1[C@H](c2ccccn2)NC(=S)N1c1ccc(F)c(C)c1. The maximum Gasteiger partial charge on any atom is 0.339 e. The number of esters is 1. The minimum Gasteiger partial charge on any atom is -0.465 e. The van der Waals surface area contributed by atoms with Gasteiger partial charge in [-0.1, -0.05) is 18.2 Å². The molecule has 6 nitrogen and oxygen atoms in total. The van der Waals surface area contributed by atoms with Crippen LogP contribution in [0.5, 0.6) is 0 Å². The predicted molar refractivity (Wildman–Crippen MR) is 136 cm³/mol. The van der Waals surface area contributed by atoms with Crippen LogP contribution in [0, 0.1) is 12.7 Å². The number of hydrogen-bond donors (Lipinski definition) is 1. The Hall–Kier alpha value is -4.04. The van der Waals surface area contributed by atoms with Gasteiger partial charge in [-0.3, -0.25) is 4.98 Å². The molecule has 5 rings (SSSR count). The Labute approximate surface area is 208 Å². The highest BCUT2D eigenvalue weighted by Crippen LogP contribution is 2.42. The van der Waals surface area contributed by atoms with Crippen molar-refractivity contribution >= 4 is 29.0 Å². The van der Waals surface area contributed by atoms with Gasteiger partial charge < -0.3 is 19.5 Å². The number of hydrogen-bond acceptors (Lipinski definition) is 4. The number of nitrogens with zero attached hydrogens (tertiary/aromatic N) is 3. The fourth-order valence-electron chi connectivity index (χ4n) is 4.53. The number of aryl methyl sites for hydroxylation is 1. The molecule has 0 spiro atoms. The van der Waals surface area contributed by atoms with Gasteiger partial charge in [0, 0.05) is 23.8 Å². The van der Waals surface area contributed by atoms with Gasteiger partial charge in [0.15, 0.2) is 5.11 Å². The number of nitrogens with one attached hydrogen (secondary N) is 1. The Balaban J connectivity index is 1.70. The first kappa shape index (κ1) is 22.7. The van der Waals surface area contributed by atoms with Crippen LogP contribution < -0.4 is 10.2 Å². The highest BCUT2D eigenvalue weighted by Gasteiger charge is 2.42. The highest BCUT2D eigenvalue weighted by atomic mass is 32.1. The van der Waals surface area contributed by atoms with E-state index in [0.29, 0.717) is 21.9 Å². The van der Waals surface area contributed by atoms with Crippen LogP contribution in [0.2, 0.25) is 0 Å². The molecule has 3 heterocycles. The predicted octanol–water partition coefficient (Wildman–Crippen LogP) is 5.28. The number of halogens is 1. The number of ether oxygens (including phenoxy) is 1. The van der Waals surface area contributed by atoms with Crippen molar-refractivity contribution in [1.29, 1.82) is 0 Å². The molecule has 8 heteroatoms. The van der Waals surface area contributed by atoms with Crippen LogP contribution in [-0.4, -0.2) is 27.7 Å². The summed E-state index contributed by atoms with van der Waals surface area (Å²) in [6.45, 7) is 1.73. The average Bonchev–Trinajstić information content (AvgIpc) is 3.50. The molecule has 1 fully saturated rings. The lowest BCUT2D eigenvalue weighted by Gasteiger charge is -2.29. The number of thiocarbonyl (C=S) groups is 1. The van der Waals surface area contributed by atoms with Crippen LogP contribution in [0.4, 0.5) is 10.1 Å². The second-order valence-corrected chi connectivity index (χ2v) is 8.63. The number of rotatable bonds is 5. The Bertz CT molecular complexity index is 1410. The summed E-state index contributed by atoms with van der Waals surface area (Å²) in [5.41, 5.74) is 4.11. The van der Waals surface area contributed by atoms with Crippen LogP contribution in [0.15, 0.2) is 85.2 Å². The maximum atomic E-state index is 14.1. The monoisotopic (exact) mass is 486 g/mol. The molecule has 0 saturated carbocycles. The third-order valence-corrected chi connectivity index (χ3v) is 6.48. The van der Waals surface area contributed by atoms with Crippen LogP contribution in [0.25, 0.3) is 5.69 Å². The fourth-order valence-corrected chi connectivity index (χ4v) is 4.88. The molecule has 2 atom stereocenters. The molecule has 2 aromatic carbocycles. The molecule has 0 unspecified atom stereocenters. The van der Waals surface area contributed by atoms with Gasteiger partial charge in [-0.15, -0.1) is 0 Å². The van der Waals surface area contributed by atoms with E-state index in [9.17, 15) is 9.18 Å². The van der Waals surface area contributed by atoms with Gasteiger partial charge in [0.25, 0.3) is 0 Å². The summed E-state index contributed by atoms with van der Waals surface area (Å²) in [4.78, 5) is 19.1. The van der Waals surface area contributed by atoms with E-state index in [4.69, 9.17) is 17.0 Å². The molecule has 1 saturated heterocycles. The summed E-state index contributed by atoms with van der Waals surface area (Å²) in [5, 5.41) is 3.92. The molecule has 35 heavy (non-hydrogen) atoms. The van der Waals surface area contributed by atoms with Crippen LogP contribution in [-0.2, 0) is 4.74 Å². The van der Waals surface area contributed by atoms with Crippen molar-refractivity contribution in [3.8, 4) is 5.69 Å². The van der Waals surface area contributed by atoms with Gasteiger partial charge in [0.1, 0.15) is 11.9 Å². The normalized spacial score (nSPS) is 17.3. The van der Waals surface area contributed by atoms with Crippen molar-refractivity contribution in [2.45, 2.75) is 19.0 Å². The molecule has 1 aliphatic heterocycles. The number of aromatic nitrogens is 2. The highest BCUT2D eigenvalue weighted by molar-refractivity contribution is 7.80. The van der Waals surface area contributed by atoms with Gasteiger partial charge in [-0.25, -0.2) is 9.18 Å². The molecule has 176 valence electrons. The molecule has 0 amide bonds. The van der Waals surface area contributed by atoms with Gasteiger partial charge >= 0.3 is 5.97 Å². The lowest BCUT2D eigenvalue weighted by atomic mass is 10.00. The van der Waals surface area contributed by atoms with Gasteiger partial charge in [0.05, 0.1) is 30.1 Å². The van der Waals surface area contributed by atoms with Crippen LogP contribution in [0.3, 0.4) is 0 Å². The number of pyridine rings is 1. The van der Waals surface area contributed by atoms with E-state index in [1.54, 1.807) is 37.4 Å².